The van der Waals surface area contributed by atoms with E-state index in [1.807, 2.05) is 0 Å². The van der Waals surface area contributed by atoms with Gasteiger partial charge in [-0.3, -0.25) is 0 Å². The molecule has 0 aliphatic carbocycles. The molecule has 1 aromatic rings. The van der Waals surface area contributed by atoms with Crippen LogP contribution in [-0.2, 0) is 0 Å². The van der Waals surface area contributed by atoms with Crippen LogP contribution in [0.1, 0.15) is 39.1 Å². The fourth-order valence-electron chi connectivity index (χ4n) is 3.24. The van der Waals surface area contributed by atoms with Gasteiger partial charge in [-0.05, 0) is 12.1 Å². The van der Waals surface area contributed by atoms with Gasteiger partial charge >= 0.3 is 0 Å². The Hall–Kier alpha value is -0.915. The summed E-state index contributed by atoms with van der Waals surface area (Å²) in [5, 5.41) is 0. The van der Waals surface area contributed by atoms with Gasteiger partial charge in [0.2, 0.25) is 0 Å². The molecule has 0 amide bonds. The van der Waals surface area contributed by atoms with E-state index in [0.717, 1.165) is 5.75 Å². The van der Waals surface area contributed by atoms with E-state index in [1.54, 1.807) is 7.11 Å². The molecule has 0 saturated heterocycles. The fourth-order valence-corrected chi connectivity index (χ4v) is 3.24. The monoisotopic (exact) mass is 233 g/mol. The van der Waals surface area contributed by atoms with Gasteiger partial charge in [0, 0.05) is 6.15 Å². The van der Waals surface area contributed by atoms with E-state index in [2.05, 4.69) is 52.0 Å². The zero-order valence-electron chi connectivity index (χ0n) is 12.0. The van der Waals surface area contributed by atoms with Crippen molar-refractivity contribution in [3.63, 3.8) is 0 Å². The van der Waals surface area contributed by atoms with Crippen LogP contribution in [0.4, 0.5) is 0 Å². The molecule has 0 aliphatic heterocycles. The van der Waals surface area contributed by atoms with Gasteiger partial charge in [-0.25, -0.2) is 0 Å². The SMILES string of the molecule is CC[B-](CC)(CC)C(C)c1ccc(OC)cc1. The molecule has 0 saturated carbocycles. The molecule has 0 fully saturated rings. The second-order valence-electron chi connectivity index (χ2n) is 5.36. The maximum atomic E-state index is 5.22. The predicted molar refractivity (Wildman–Crippen MR) is 78.6 cm³/mol. The molecule has 1 unspecified atom stereocenters. The number of benzene rings is 1. The molecule has 0 aliphatic rings. The smallest absolute Gasteiger partial charge is 0.118 e. The third-order valence-corrected chi connectivity index (χ3v) is 5.14. The van der Waals surface area contributed by atoms with Gasteiger partial charge in [-0.2, -0.15) is 19.0 Å². The highest BCUT2D eigenvalue weighted by Crippen LogP contribution is 2.36. The van der Waals surface area contributed by atoms with Crippen molar-refractivity contribution in [3.05, 3.63) is 29.8 Å². The highest BCUT2D eigenvalue weighted by Gasteiger charge is 2.26. The maximum Gasteiger partial charge on any atom is 0.118 e. The summed E-state index contributed by atoms with van der Waals surface area (Å²) in [5.41, 5.74) is 1.45. The standard InChI is InChI=1S/C15H26BO/c1-6-16(7-2,8-3)13(4)14-9-11-15(17-5)12-10-14/h9-13H,6-8H2,1-5H3/q-1. The number of hydrogen-bond donors (Lipinski definition) is 0. The molecule has 96 valence electrons. The Kier molecular flexibility index (Phi) is 5.11. The summed E-state index contributed by atoms with van der Waals surface area (Å²) in [6.07, 6.45) is 3.65. The zero-order valence-corrected chi connectivity index (χ0v) is 12.0. The molecular formula is C15H26BO-. The van der Waals surface area contributed by atoms with Crippen molar-refractivity contribution in [2.75, 3.05) is 7.11 Å². The van der Waals surface area contributed by atoms with E-state index in [-0.39, 0.29) is 6.15 Å². The van der Waals surface area contributed by atoms with Gasteiger partial charge in [0.05, 0.1) is 7.11 Å². The fraction of sp³-hybridized carbons (Fsp3) is 0.600. The average Bonchev–Trinajstić information content (AvgIpc) is 2.41. The Balaban J connectivity index is 2.96. The highest BCUT2D eigenvalue weighted by atomic mass is 16.5. The van der Waals surface area contributed by atoms with Crippen molar-refractivity contribution in [3.8, 4) is 5.75 Å². The van der Waals surface area contributed by atoms with Crippen molar-refractivity contribution in [1.29, 1.82) is 0 Å². The first-order valence-electron chi connectivity index (χ1n) is 6.98. The Labute approximate surface area is 106 Å². The van der Waals surface area contributed by atoms with Gasteiger partial charge in [0.15, 0.2) is 0 Å². The molecular weight excluding hydrogens is 207 g/mol. The molecule has 17 heavy (non-hydrogen) atoms. The molecule has 0 heterocycles. The lowest BCUT2D eigenvalue weighted by atomic mass is 9.14. The minimum absolute atomic E-state index is 0.267. The van der Waals surface area contributed by atoms with Crippen molar-refractivity contribution in [2.45, 2.75) is 52.5 Å². The summed E-state index contributed by atoms with van der Waals surface area (Å²) >= 11 is 0. The van der Waals surface area contributed by atoms with Gasteiger partial charge in [-0.15, -0.1) is 5.82 Å². The molecule has 1 nitrogen and oxygen atoms in total. The first-order chi connectivity index (χ1) is 8.13. The zero-order chi connectivity index (χ0) is 12.9. The van der Waals surface area contributed by atoms with E-state index >= 15 is 0 Å². The largest absolute Gasteiger partial charge is 0.497 e. The van der Waals surface area contributed by atoms with Crippen molar-refractivity contribution in [2.24, 2.45) is 0 Å². The van der Waals surface area contributed by atoms with Crippen molar-refractivity contribution >= 4 is 6.15 Å². The summed E-state index contributed by atoms with van der Waals surface area (Å²) < 4.78 is 5.22. The van der Waals surface area contributed by atoms with Crippen molar-refractivity contribution < 1.29 is 4.74 Å². The quantitative estimate of drug-likeness (QED) is 0.638. The Morgan fingerprint density at radius 3 is 1.82 bits per heavy atom. The van der Waals surface area contributed by atoms with E-state index in [1.165, 1.54) is 24.5 Å². The lowest BCUT2D eigenvalue weighted by Crippen LogP contribution is -2.38. The summed E-state index contributed by atoms with van der Waals surface area (Å²) in [5.74, 6) is 1.62. The van der Waals surface area contributed by atoms with Crippen molar-refractivity contribution in [1.82, 2.24) is 0 Å². The molecule has 2 heteroatoms. The number of ether oxygens (including phenoxy) is 1. The summed E-state index contributed by atoms with van der Waals surface area (Å²) in [6, 6.07) is 8.60. The maximum absolute atomic E-state index is 5.22. The van der Waals surface area contributed by atoms with Crippen LogP contribution in [0.15, 0.2) is 24.3 Å². The topological polar surface area (TPSA) is 9.23 Å². The van der Waals surface area contributed by atoms with E-state index in [9.17, 15) is 0 Å². The molecule has 1 aromatic carbocycles. The van der Waals surface area contributed by atoms with Crippen LogP contribution in [0.2, 0.25) is 19.0 Å². The highest BCUT2D eigenvalue weighted by molar-refractivity contribution is 6.80. The molecule has 1 rings (SSSR count). The van der Waals surface area contributed by atoms with E-state index < -0.39 is 0 Å². The van der Waals surface area contributed by atoms with Crippen LogP contribution in [0.5, 0.6) is 5.75 Å². The molecule has 0 N–H and O–H groups in total. The first kappa shape index (κ1) is 14.1. The number of rotatable bonds is 6. The third-order valence-electron chi connectivity index (χ3n) is 5.14. The molecule has 1 atom stereocenters. The van der Waals surface area contributed by atoms with Gasteiger partial charge in [0.25, 0.3) is 0 Å². The molecule has 0 radical (unpaired) electrons. The van der Waals surface area contributed by atoms with Crippen LogP contribution in [0.3, 0.4) is 0 Å². The average molecular weight is 233 g/mol. The van der Waals surface area contributed by atoms with Crippen LogP contribution in [0.25, 0.3) is 0 Å². The second kappa shape index (κ2) is 6.14. The first-order valence-corrected chi connectivity index (χ1v) is 6.98. The normalized spacial score (nSPS) is 13.5. The molecule has 0 spiro atoms. The van der Waals surface area contributed by atoms with Crippen LogP contribution in [-0.4, -0.2) is 13.3 Å². The van der Waals surface area contributed by atoms with Crippen LogP contribution in [0, 0.1) is 0 Å². The number of hydrogen-bond acceptors (Lipinski definition) is 1. The molecule has 0 bridgehead atoms. The van der Waals surface area contributed by atoms with Crippen LogP contribution < -0.4 is 4.74 Å². The third kappa shape index (κ3) is 2.85. The Morgan fingerprint density at radius 1 is 1.00 bits per heavy atom. The minimum Gasteiger partial charge on any atom is -0.497 e. The van der Waals surface area contributed by atoms with E-state index in [0.29, 0.717) is 5.82 Å². The van der Waals surface area contributed by atoms with Crippen LogP contribution >= 0.6 is 0 Å². The Bertz CT molecular complexity index is 319. The lowest BCUT2D eigenvalue weighted by molar-refractivity contribution is 0.414. The summed E-state index contributed by atoms with van der Waals surface area (Å²) in [7, 11) is 1.72. The van der Waals surface area contributed by atoms with Gasteiger partial charge in [0.1, 0.15) is 5.75 Å². The van der Waals surface area contributed by atoms with Gasteiger partial charge in [-0.1, -0.05) is 45.4 Å². The second-order valence-corrected chi connectivity index (χ2v) is 5.36. The predicted octanol–water partition coefficient (Wildman–Crippen LogP) is 4.85. The Morgan fingerprint density at radius 2 is 1.47 bits per heavy atom. The molecule has 0 aromatic heterocycles. The lowest BCUT2D eigenvalue weighted by Gasteiger charge is -2.43. The number of methoxy groups -OCH3 is 1. The summed E-state index contributed by atoms with van der Waals surface area (Å²) in [6.45, 7) is 9.41. The minimum atomic E-state index is -0.267. The van der Waals surface area contributed by atoms with E-state index in [4.69, 9.17) is 4.74 Å². The summed E-state index contributed by atoms with van der Waals surface area (Å²) in [4.78, 5) is 0. The van der Waals surface area contributed by atoms with Gasteiger partial charge < -0.3 is 4.74 Å².